The molecule has 4 nitrogen and oxygen atoms in total. The summed E-state index contributed by atoms with van der Waals surface area (Å²) in [5.74, 6) is 0.969. The molecule has 0 spiro atoms. The van der Waals surface area contributed by atoms with E-state index in [1.807, 2.05) is 0 Å². The van der Waals surface area contributed by atoms with Crippen molar-refractivity contribution in [1.82, 2.24) is 10.2 Å². The Morgan fingerprint density at radius 3 is 2.96 bits per heavy atom. The highest BCUT2D eigenvalue weighted by Gasteiger charge is 2.32. The molecule has 5 heteroatoms. The summed E-state index contributed by atoms with van der Waals surface area (Å²) in [4.78, 5) is 16.3. The SMILES string of the molecule is COCCNC(=O)c1sc2ccccc2c1C[C@@H]1CCCN1CC1CC1. The van der Waals surface area contributed by atoms with Crippen molar-refractivity contribution in [3.63, 3.8) is 0 Å². The second-order valence-corrected chi connectivity index (χ2v) is 8.65. The van der Waals surface area contributed by atoms with Crippen LogP contribution in [0, 0.1) is 5.92 Å². The predicted octanol–water partition coefficient (Wildman–Crippen LogP) is 3.69. The molecule has 140 valence electrons. The minimum Gasteiger partial charge on any atom is -0.383 e. The molecule has 2 aliphatic rings. The smallest absolute Gasteiger partial charge is 0.261 e. The van der Waals surface area contributed by atoms with Crippen molar-refractivity contribution in [2.24, 2.45) is 5.92 Å². The fraction of sp³-hybridized carbons (Fsp3) is 0.571. The number of carbonyl (C=O) groups is 1. The molecule has 1 amide bonds. The van der Waals surface area contributed by atoms with Crippen LogP contribution in [-0.4, -0.2) is 50.2 Å². The number of amides is 1. The van der Waals surface area contributed by atoms with E-state index < -0.39 is 0 Å². The maximum absolute atomic E-state index is 12.8. The average molecular weight is 373 g/mol. The number of fused-ring (bicyclic) bond motifs is 1. The number of nitrogens with zero attached hydrogens (tertiary/aromatic N) is 1. The third-order valence-electron chi connectivity index (χ3n) is 5.62. The largest absolute Gasteiger partial charge is 0.383 e. The highest BCUT2D eigenvalue weighted by atomic mass is 32.1. The standard InChI is InChI=1S/C21H28N2O2S/c1-25-12-10-22-21(24)20-18(17-6-2-3-7-19(17)26-20)13-16-5-4-11-23(16)14-15-8-9-15/h2-3,6-7,15-16H,4-5,8-14H2,1H3,(H,22,24)/t16-/m0/s1. The quantitative estimate of drug-likeness (QED) is 0.719. The first-order valence-corrected chi connectivity index (χ1v) is 10.6. The average Bonchev–Trinajstić information content (AvgIpc) is 3.24. The highest BCUT2D eigenvalue weighted by molar-refractivity contribution is 7.21. The molecule has 26 heavy (non-hydrogen) atoms. The van der Waals surface area contributed by atoms with Gasteiger partial charge >= 0.3 is 0 Å². The molecule has 1 saturated heterocycles. The van der Waals surface area contributed by atoms with Gasteiger partial charge in [-0.05, 0) is 61.6 Å². The van der Waals surface area contributed by atoms with Gasteiger partial charge in [-0.25, -0.2) is 0 Å². The number of hydrogen-bond acceptors (Lipinski definition) is 4. The van der Waals surface area contributed by atoms with Crippen molar-refractivity contribution in [2.45, 2.75) is 38.1 Å². The number of hydrogen-bond donors (Lipinski definition) is 1. The van der Waals surface area contributed by atoms with E-state index in [0.717, 1.165) is 17.2 Å². The van der Waals surface area contributed by atoms with Crippen LogP contribution >= 0.6 is 11.3 Å². The number of benzene rings is 1. The molecule has 0 bridgehead atoms. The molecule has 1 aliphatic heterocycles. The summed E-state index contributed by atoms with van der Waals surface area (Å²) in [5.41, 5.74) is 1.24. The molecule has 0 radical (unpaired) electrons. The van der Waals surface area contributed by atoms with E-state index in [-0.39, 0.29) is 5.91 Å². The zero-order valence-electron chi connectivity index (χ0n) is 15.5. The van der Waals surface area contributed by atoms with Gasteiger partial charge in [-0.15, -0.1) is 11.3 Å². The Bertz CT molecular complexity index is 768. The van der Waals surface area contributed by atoms with Crippen molar-refractivity contribution >= 4 is 27.3 Å². The lowest BCUT2D eigenvalue weighted by Gasteiger charge is -2.24. The van der Waals surface area contributed by atoms with E-state index in [9.17, 15) is 4.79 Å². The number of nitrogens with one attached hydrogen (secondary N) is 1. The lowest BCUT2D eigenvalue weighted by molar-refractivity contribution is 0.0940. The molecule has 0 unspecified atom stereocenters. The van der Waals surface area contributed by atoms with Gasteiger partial charge in [0.25, 0.3) is 5.91 Å². The van der Waals surface area contributed by atoms with Crippen molar-refractivity contribution in [3.05, 3.63) is 34.7 Å². The first-order valence-electron chi connectivity index (χ1n) is 9.78. The first kappa shape index (κ1) is 18.0. The Morgan fingerprint density at radius 1 is 1.31 bits per heavy atom. The number of ether oxygens (including phenoxy) is 1. The number of carbonyl (C=O) groups excluding carboxylic acids is 1. The molecule has 4 rings (SSSR count). The van der Waals surface area contributed by atoms with E-state index in [0.29, 0.717) is 19.2 Å². The van der Waals surface area contributed by atoms with E-state index in [1.54, 1.807) is 18.4 Å². The molecule has 1 atom stereocenters. The van der Waals surface area contributed by atoms with Crippen LogP contribution in [0.4, 0.5) is 0 Å². The molecule has 1 saturated carbocycles. The first-order chi connectivity index (χ1) is 12.8. The molecule has 1 aromatic carbocycles. The second-order valence-electron chi connectivity index (χ2n) is 7.59. The van der Waals surface area contributed by atoms with Crippen LogP contribution in [0.1, 0.15) is 40.9 Å². The number of thiophene rings is 1. The van der Waals surface area contributed by atoms with Crippen LogP contribution in [0.25, 0.3) is 10.1 Å². The Hall–Kier alpha value is -1.43. The third kappa shape index (κ3) is 3.95. The van der Waals surface area contributed by atoms with Gasteiger partial charge in [0.2, 0.25) is 0 Å². The van der Waals surface area contributed by atoms with Gasteiger partial charge in [0, 0.05) is 30.9 Å². The van der Waals surface area contributed by atoms with Gasteiger partial charge in [-0.1, -0.05) is 18.2 Å². The normalized spacial score (nSPS) is 20.7. The van der Waals surface area contributed by atoms with Gasteiger partial charge in [0.05, 0.1) is 11.5 Å². The van der Waals surface area contributed by atoms with E-state index in [4.69, 9.17) is 4.74 Å². The minimum absolute atomic E-state index is 0.0463. The molecular formula is C21H28N2O2S. The van der Waals surface area contributed by atoms with Gasteiger partial charge in [0.15, 0.2) is 0 Å². The molecule has 2 heterocycles. The Kier molecular flexibility index (Phi) is 5.57. The van der Waals surface area contributed by atoms with Gasteiger partial charge in [-0.3, -0.25) is 9.69 Å². The maximum Gasteiger partial charge on any atom is 0.261 e. The second kappa shape index (κ2) is 8.07. The molecular weight excluding hydrogens is 344 g/mol. The summed E-state index contributed by atoms with van der Waals surface area (Å²) in [5, 5.41) is 4.27. The Morgan fingerprint density at radius 2 is 2.15 bits per heavy atom. The fourth-order valence-corrected chi connectivity index (χ4v) is 5.22. The third-order valence-corrected chi connectivity index (χ3v) is 6.84. The molecule has 2 fully saturated rings. The summed E-state index contributed by atoms with van der Waals surface area (Å²) in [6, 6.07) is 9.03. The van der Waals surface area contributed by atoms with Crippen molar-refractivity contribution in [1.29, 1.82) is 0 Å². The summed E-state index contributed by atoms with van der Waals surface area (Å²) in [7, 11) is 1.66. The van der Waals surface area contributed by atoms with Crippen LogP contribution in [0.5, 0.6) is 0 Å². The Balaban J connectivity index is 1.57. The van der Waals surface area contributed by atoms with Gasteiger partial charge in [0.1, 0.15) is 0 Å². The summed E-state index contributed by atoms with van der Waals surface area (Å²) in [6.07, 6.45) is 6.33. The van der Waals surface area contributed by atoms with E-state index >= 15 is 0 Å². The predicted molar refractivity (Wildman–Crippen MR) is 107 cm³/mol. The molecule has 1 aromatic heterocycles. The monoisotopic (exact) mass is 372 g/mol. The minimum atomic E-state index is 0.0463. The summed E-state index contributed by atoms with van der Waals surface area (Å²) in [6.45, 7) is 3.57. The topological polar surface area (TPSA) is 41.6 Å². The van der Waals surface area contributed by atoms with Gasteiger partial charge < -0.3 is 10.1 Å². The number of methoxy groups -OCH3 is 1. The maximum atomic E-state index is 12.8. The van der Waals surface area contributed by atoms with Gasteiger partial charge in [-0.2, -0.15) is 0 Å². The van der Waals surface area contributed by atoms with E-state index in [1.165, 1.54) is 54.4 Å². The zero-order chi connectivity index (χ0) is 17.9. The zero-order valence-corrected chi connectivity index (χ0v) is 16.3. The summed E-state index contributed by atoms with van der Waals surface area (Å²) >= 11 is 1.63. The van der Waals surface area contributed by atoms with Crippen LogP contribution in [0.15, 0.2) is 24.3 Å². The summed E-state index contributed by atoms with van der Waals surface area (Å²) < 4.78 is 6.28. The lowest BCUT2D eigenvalue weighted by Crippen LogP contribution is -2.33. The van der Waals surface area contributed by atoms with E-state index in [2.05, 4.69) is 34.5 Å². The van der Waals surface area contributed by atoms with Crippen molar-refractivity contribution < 1.29 is 9.53 Å². The molecule has 1 N–H and O–H groups in total. The van der Waals surface area contributed by atoms with Crippen LogP contribution in [0.3, 0.4) is 0 Å². The van der Waals surface area contributed by atoms with Crippen LogP contribution in [0.2, 0.25) is 0 Å². The van der Waals surface area contributed by atoms with Crippen LogP contribution < -0.4 is 5.32 Å². The number of likely N-dealkylation sites (tertiary alicyclic amines) is 1. The van der Waals surface area contributed by atoms with Crippen molar-refractivity contribution in [3.8, 4) is 0 Å². The van der Waals surface area contributed by atoms with Crippen molar-refractivity contribution in [2.75, 3.05) is 33.4 Å². The Labute approximate surface area is 159 Å². The molecule has 2 aromatic rings. The molecule has 1 aliphatic carbocycles. The van der Waals surface area contributed by atoms with Crippen LogP contribution in [-0.2, 0) is 11.2 Å². The number of rotatable bonds is 8. The lowest BCUT2D eigenvalue weighted by atomic mass is 10.00. The fourth-order valence-electron chi connectivity index (χ4n) is 4.07. The highest BCUT2D eigenvalue weighted by Crippen LogP contribution is 2.36.